The molecule has 0 aliphatic heterocycles. The van der Waals surface area contributed by atoms with Crippen molar-refractivity contribution in [3.63, 3.8) is 0 Å². The highest BCUT2D eigenvalue weighted by Gasteiger charge is 2.11. The van der Waals surface area contributed by atoms with Crippen LogP contribution in [0.4, 0.5) is 0 Å². The minimum Gasteiger partial charge on any atom is -0.497 e. The molecule has 1 amide bonds. The zero-order valence-corrected chi connectivity index (χ0v) is 16.6. The molecule has 0 bridgehead atoms. The molecule has 0 aromatic heterocycles. The van der Waals surface area contributed by atoms with Crippen molar-refractivity contribution in [2.75, 3.05) is 20.3 Å². The van der Waals surface area contributed by atoms with E-state index >= 15 is 0 Å². The predicted octanol–water partition coefficient (Wildman–Crippen LogP) is 4.45. The number of nitrogens with one attached hydrogen (secondary N) is 1. The maximum Gasteiger partial charge on any atom is 0.251 e. The largest absolute Gasteiger partial charge is 0.497 e. The Morgan fingerprint density at radius 3 is 2.56 bits per heavy atom. The molecule has 2 aromatic carbocycles. The van der Waals surface area contributed by atoms with Gasteiger partial charge in [-0.2, -0.15) is 0 Å². The summed E-state index contributed by atoms with van der Waals surface area (Å²) in [5.41, 5.74) is 1.43. The first-order chi connectivity index (χ1) is 13.0. The first kappa shape index (κ1) is 20.6. The fraction of sp³-hybridized carbons (Fsp3) is 0.409. The highest BCUT2D eigenvalue weighted by molar-refractivity contribution is 5.94. The van der Waals surface area contributed by atoms with Gasteiger partial charge in [0.2, 0.25) is 0 Å². The molecule has 27 heavy (non-hydrogen) atoms. The summed E-state index contributed by atoms with van der Waals surface area (Å²) in [6.07, 6.45) is 0.953. The molecule has 0 heterocycles. The summed E-state index contributed by atoms with van der Waals surface area (Å²) in [5.74, 6) is 2.62. The van der Waals surface area contributed by atoms with Crippen LogP contribution >= 0.6 is 0 Å². The van der Waals surface area contributed by atoms with Crippen LogP contribution in [0.25, 0.3) is 0 Å². The number of hydrogen-bond donors (Lipinski definition) is 1. The molecule has 0 saturated carbocycles. The molecule has 2 rings (SSSR count). The van der Waals surface area contributed by atoms with Gasteiger partial charge in [0, 0.05) is 23.7 Å². The third-order valence-electron chi connectivity index (χ3n) is 4.07. The number of rotatable bonds is 10. The molecular formula is C22H29NO4. The van der Waals surface area contributed by atoms with Crippen molar-refractivity contribution >= 4 is 5.91 Å². The first-order valence-corrected chi connectivity index (χ1v) is 9.34. The number of ether oxygens (including phenoxy) is 3. The Morgan fingerprint density at radius 2 is 1.85 bits per heavy atom. The van der Waals surface area contributed by atoms with E-state index in [1.165, 1.54) is 0 Å². The van der Waals surface area contributed by atoms with Gasteiger partial charge in [-0.1, -0.05) is 19.9 Å². The summed E-state index contributed by atoms with van der Waals surface area (Å²) in [6.45, 7) is 7.72. The summed E-state index contributed by atoms with van der Waals surface area (Å²) < 4.78 is 16.8. The van der Waals surface area contributed by atoms with Gasteiger partial charge in [0.25, 0.3) is 5.91 Å². The van der Waals surface area contributed by atoms with Crippen LogP contribution in [0.5, 0.6) is 17.2 Å². The van der Waals surface area contributed by atoms with Crippen molar-refractivity contribution in [1.29, 1.82) is 0 Å². The third kappa shape index (κ3) is 6.51. The van der Waals surface area contributed by atoms with Crippen LogP contribution < -0.4 is 19.5 Å². The molecule has 0 atom stereocenters. The standard InChI is InChI=1S/C22H29NO4/c1-5-26-21-10-9-17(22(24)23-12-11-16(2)3)13-18(21)15-27-20-8-6-7-19(14-20)25-4/h6-10,13-14,16H,5,11-12,15H2,1-4H3,(H,23,24). The van der Waals surface area contributed by atoms with E-state index in [-0.39, 0.29) is 5.91 Å². The third-order valence-corrected chi connectivity index (χ3v) is 4.07. The van der Waals surface area contributed by atoms with Crippen LogP contribution in [0.3, 0.4) is 0 Å². The lowest BCUT2D eigenvalue weighted by Crippen LogP contribution is -2.25. The molecule has 146 valence electrons. The van der Waals surface area contributed by atoms with Crippen molar-refractivity contribution in [2.24, 2.45) is 5.92 Å². The summed E-state index contributed by atoms with van der Waals surface area (Å²) in [5, 5.41) is 2.96. The van der Waals surface area contributed by atoms with Gasteiger partial charge in [0.15, 0.2) is 0 Å². The zero-order chi connectivity index (χ0) is 19.6. The lowest BCUT2D eigenvalue weighted by Gasteiger charge is -2.14. The Balaban J connectivity index is 2.10. The number of benzene rings is 2. The lowest BCUT2D eigenvalue weighted by atomic mass is 10.1. The van der Waals surface area contributed by atoms with E-state index in [9.17, 15) is 4.79 Å². The van der Waals surface area contributed by atoms with Gasteiger partial charge in [-0.25, -0.2) is 0 Å². The average Bonchev–Trinajstić information content (AvgIpc) is 2.67. The molecule has 0 saturated heterocycles. The minimum absolute atomic E-state index is 0.0821. The smallest absolute Gasteiger partial charge is 0.251 e. The second-order valence-electron chi connectivity index (χ2n) is 6.66. The van der Waals surface area contributed by atoms with Crippen molar-refractivity contribution in [1.82, 2.24) is 5.32 Å². The molecule has 0 aliphatic carbocycles. The number of carbonyl (C=O) groups excluding carboxylic acids is 1. The van der Waals surface area contributed by atoms with Gasteiger partial charge in [-0.3, -0.25) is 4.79 Å². The maximum absolute atomic E-state index is 12.4. The monoisotopic (exact) mass is 371 g/mol. The van der Waals surface area contributed by atoms with Crippen molar-refractivity contribution < 1.29 is 19.0 Å². The van der Waals surface area contributed by atoms with Gasteiger partial charge in [0.1, 0.15) is 23.9 Å². The number of methoxy groups -OCH3 is 1. The van der Waals surface area contributed by atoms with Gasteiger partial charge < -0.3 is 19.5 Å². The second kappa shape index (κ2) is 10.5. The second-order valence-corrected chi connectivity index (χ2v) is 6.66. The molecular weight excluding hydrogens is 342 g/mol. The SMILES string of the molecule is CCOc1ccc(C(=O)NCCC(C)C)cc1COc1cccc(OC)c1. The fourth-order valence-corrected chi connectivity index (χ4v) is 2.56. The van der Waals surface area contributed by atoms with E-state index in [1.54, 1.807) is 13.2 Å². The molecule has 0 unspecified atom stereocenters. The summed E-state index contributed by atoms with van der Waals surface area (Å²) in [7, 11) is 1.62. The Morgan fingerprint density at radius 1 is 1.07 bits per heavy atom. The van der Waals surface area contributed by atoms with Gasteiger partial charge >= 0.3 is 0 Å². The Bertz CT molecular complexity index is 743. The molecule has 0 radical (unpaired) electrons. The van der Waals surface area contributed by atoms with Crippen LogP contribution in [0.15, 0.2) is 42.5 Å². The van der Waals surface area contributed by atoms with Crippen LogP contribution in [0.2, 0.25) is 0 Å². The van der Waals surface area contributed by atoms with E-state index < -0.39 is 0 Å². The van der Waals surface area contributed by atoms with Crippen molar-refractivity contribution in [3.8, 4) is 17.2 Å². The Labute approximate surface area is 161 Å². The van der Waals surface area contributed by atoms with Gasteiger partial charge in [-0.15, -0.1) is 0 Å². The van der Waals surface area contributed by atoms with Crippen LogP contribution in [0.1, 0.15) is 43.1 Å². The lowest BCUT2D eigenvalue weighted by molar-refractivity contribution is 0.0952. The zero-order valence-electron chi connectivity index (χ0n) is 16.6. The number of hydrogen-bond acceptors (Lipinski definition) is 4. The molecule has 5 nitrogen and oxygen atoms in total. The fourth-order valence-electron chi connectivity index (χ4n) is 2.56. The molecule has 0 fully saturated rings. The van der Waals surface area contributed by atoms with Gasteiger partial charge in [-0.05, 0) is 49.6 Å². The average molecular weight is 371 g/mol. The van der Waals surface area contributed by atoms with Crippen LogP contribution in [0, 0.1) is 5.92 Å². The summed E-state index contributed by atoms with van der Waals surface area (Å²) in [4.78, 5) is 12.4. The summed E-state index contributed by atoms with van der Waals surface area (Å²) in [6, 6.07) is 12.9. The molecule has 1 N–H and O–H groups in total. The van der Waals surface area contributed by atoms with E-state index in [0.29, 0.717) is 37.0 Å². The normalized spacial score (nSPS) is 10.6. The van der Waals surface area contributed by atoms with E-state index in [0.717, 1.165) is 23.5 Å². The molecule has 5 heteroatoms. The molecule has 0 spiro atoms. The van der Waals surface area contributed by atoms with Crippen LogP contribution in [-0.2, 0) is 6.61 Å². The topological polar surface area (TPSA) is 56.8 Å². The molecule has 2 aromatic rings. The first-order valence-electron chi connectivity index (χ1n) is 9.34. The Hall–Kier alpha value is -2.69. The van der Waals surface area contributed by atoms with Crippen molar-refractivity contribution in [2.45, 2.75) is 33.8 Å². The quantitative estimate of drug-likeness (QED) is 0.670. The number of carbonyl (C=O) groups is 1. The van der Waals surface area contributed by atoms with Gasteiger partial charge in [0.05, 0.1) is 13.7 Å². The van der Waals surface area contributed by atoms with Crippen LogP contribution in [-0.4, -0.2) is 26.2 Å². The highest BCUT2D eigenvalue weighted by Crippen LogP contribution is 2.24. The highest BCUT2D eigenvalue weighted by atomic mass is 16.5. The Kier molecular flexibility index (Phi) is 7.99. The van der Waals surface area contributed by atoms with E-state index in [4.69, 9.17) is 14.2 Å². The maximum atomic E-state index is 12.4. The predicted molar refractivity (Wildman–Crippen MR) is 107 cm³/mol. The summed E-state index contributed by atoms with van der Waals surface area (Å²) >= 11 is 0. The van der Waals surface area contributed by atoms with Crippen molar-refractivity contribution in [3.05, 3.63) is 53.6 Å². The minimum atomic E-state index is -0.0821. The number of amides is 1. The molecule has 0 aliphatic rings. The van der Waals surface area contributed by atoms with E-state index in [2.05, 4.69) is 19.2 Å². The van der Waals surface area contributed by atoms with E-state index in [1.807, 2.05) is 43.3 Å².